The van der Waals surface area contributed by atoms with Gasteiger partial charge < -0.3 is 9.64 Å². The van der Waals surface area contributed by atoms with E-state index in [4.69, 9.17) is 11.6 Å². The van der Waals surface area contributed by atoms with E-state index in [0.717, 1.165) is 0 Å². The highest BCUT2D eigenvalue weighted by molar-refractivity contribution is 6.18. The highest BCUT2D eigenvalue weighted by Crippen LogP contribution is 2.18. The van der Waals surface area contributed by atoms with E-state index in [1.807, 2.05) is 13.8 Å². The third kappa shape index (κ3) is 4.67. The SMILES string of the molecule is CC(C)N(CCCl)C(=O)c1cccc(OC(F)F)c1. The summed E-state index contributed by atoms with van der Waals surface area (Å²) in [5, 5.41) is 0. The molecule has 19 heavy (non-hydrogen) atoms. The van der Waals surface area contributed by atoms with Crippen LogP contribution < -0.4 is 4.74 Å². The first kappa shape index (κ1) is 15.7. The minimum atomic E-state index is -2.91. The largest absolute Gasteiger partial charge is 0.435 e. The van der Waals surface area contributed by atoms with Crippen molar-refractivity contribution in [3.63, 3.8) is 0 Å². The summed E-state index contributed by atoms with van der Waals surface area (Å²) in [6, 6.07) is 5.72. The molecule has 0 N–H and O–H groups in total. The standard InChI is InChI=1S/C13H16ClF2NO2/c1-9(2)17(7-6-14)12(18)10-4-3-5-11(8-10)19-13(15)16/h3-5,8-9,13H,6-7H2,1-2H3. The van der Waals surface area contributed by atoms with Crippen molar-refractivity contribution in [2.45, 2.75) is 26.5 Å². The van der Waals surface area contributed by atoms with Crippen LogP contribution in [0.25, 0.3) is 0 Å². The third-order valence-corrected chi connectivity index (χ3v) is 2.68. The number of amides is 1. The number of ether oxygens (including phenoxy) is 1. The Morgan fingerprint density at radius 2 is 2.11 bits per heavy atom. The maximum Gasteiger partial charge on any atom is 0.387 e. The Labute approximate surface area is 116 Å². The van der Waals surface area contributed by atoms with Gasteiger partial charge in [-0.05, 0) is 32.0 Å². The van der Waals surface area contributed by atoms with Crippen molar-refractivity contribution in [3.05, 3.63) is 29.8 Å². The van der Waals surface area contributed by atoms with Crippen LogP contribution >= 0.6 is 11.6 Å². The maximum absolute atomic E-state index is 12.2. The third-order valence-electron chi connectivity index (χ3n) is 2.52. The first-order valence-corrected chi connectivity index (χ1v) is 6.41. The van der Waals surface area contributed by atoms with E-state index in [0.29, 0.717) is 18.0 Å². The van der Waals surface area contributed by atoms with E-state index >= 15 is 0 Å². The molecule has 0 spiro atoms. The highest BCUT2D eigenvalue weighted by atomic mass is 35.5. The molecule has 0 radical (unpaired) electrons. The van der Waals surface area contributed by atoms with E-state index < -0.39 is 6.61 Å². The fourth-order valence-electron chi connectivity index (χ4n) is 1.66. The molecule has 6 heteroatoms. The first-order valence-electron chi connectivity index (χ1n) is 5.87. The van der Waals surface area contributed by atoms with E-state index in [-0.39, 0.29) is 17.7 Å². The molecule has 1 amide bonds. The van der Waals surface area contributed by atoms with Crippen LogP contribution in [0.4, 0.5) is 8.78 Å². The van der Waals surface area contributed by atoms with Gasteiger partial charge in [-0.1, -0.05) is 6.07 Å². The quantitative estimate of drug-likeness (QED) is 0.752. The number of carbonyl (C=O) groups is 1. The van der Waals surface area contributed by atoms with Crippen molar-refractivity contribution in [3.8, 4) is 5.75 Å². The van der Waals surface area contributed by atoms with Gasteiger partial charge in [0.05, 0.1) is 0 Å². The molecule has 0 aliphatic carbocycles. The average molecular weight is 292 g/mol. The van der Waals surface area contributed by atoms with Crippen molar-refractivity contribution < 1.29 is 18.3 Å². The fourth-order valence-corrected chi connectivity index (χ4v) is 1.84. The van der Waals surface area contributed by atoms with E-state index in [9.17, 15) is 13.6 Å². The number of alkyl halides is 3. The lowest BCUT2D eigenvalue weighted by Gasteiger charge is -2.26. The summed E-state index contributed by atoms with van der Waals surface area (Å²) >= 11 is 5.65. The number of hydrogen-bond donors (Lipinski definition) is 0. The molecule has 1 aromatic carbocycles. The van der Waals surface area contributed by atoms with Crippen molar-refractivity contribution in [1.29, 1.82) is 0 Å². The van der Waals surface area contributed by atoms with Crippen LogP contribution in [0.15, 0.2) is 24.3 Å². The minimum Gasteiger partial charge on any atom is -0.435 e. The van der Waals surface area contributed by atoms with Crippen LogP contribution in [-0.4, -0.2) is 35.9 Å². The number of halogens is 3. The number of rotatable bonds is 6. The van der Waals surface area contributed by atoms with Gasteiger partial charge in [-0.15, -0.1) is 11.6 Å². The Bertz CT molecular complexity index is 427. The molecular weight excluding hydrogens is 276 g/mol. The van der Waals surface area contributed by atoms with Crippen molar-refractivity contribution in [2.24, 2.45) is 0 Å². The predicted octanol–water partition coefficient (Wildman–Crippen LogP) is 3.38. The molecule has 0 fully saturated rings. The van der Waals surface area contributed by atoms with Crippen molar-refractivity contribution in [1.82, 2.24) is 4.90 Å². The molecule has 0 atom stereocenters. The zero-order valence-electron chi connectivity index (χ0n) is 10.8. The van der Waals surface area contributed by atoms with Gasteiger partial charge >= 0.3 is 6.61 Å². The van der Waals surface area contributed by atoms with Gasteiger partial charge in [-0.3, -0.25) is 4.79 Å². The summed E-state index contributed by atoms with van der Waals surface area (Å²) < 4.78 is 28.5. The molecule has 0 aliphatic rings. The monoisotopic (exact) mass is 291 g/mol. The lowest BCUT2D eigenvalue weighted by atomic mass is 10.1. The zero-order valence-corrected chi connectivity index (χ0v) is 11.5. The maximum atomic E-state index is 12.2. The van der Waals surface area contributed by atoms with Gasteiger partial charge in [0.1, 0.15) is 5.75 Å². The van der Waals surface area contributed by atoms with Crippen molar-refractivity contribution in [2.75, 3.05) is 12.4 Å². The molecule has 0 saturated heterocycles. The Balaban J connectivity index is 2.91. The zero-order chi connectivity index (χ0) is 14.4. The van der Waals surface area contributed by atoms with Crippen LogP contribution in [0.1, 0.15) is 24.2 Å². The summed E-state index contributed by atoms with van der Waals surface area (Å²) in [6.45, 7) is 1.22. The summed E-state index contributed by atoms with van der Waals surface area (Å²) in [5.74, 6) is 0.0303. The molecule has 0 unspecified atom stereocenters. The smallest absolute Gasteiger partial charge is 0.387 e. The average Bonchev–Trinajstić information content (AvgIpc) is 2.34. The second-order valence-corrected chi connectivity index (χ2v) is 4.57. The molecule has 0 heterocycles. The Kier molecular flexibility index (Phi) is 6.02. The van der Waals surface area contributed by atoms with E-state index in [2.05, 4.69) is 4.74 Å². The summed E-state index contributed by atoms with van der Waals surface area (Å²) in [7, 11) is 0. The van der Waals surface area contributed by atoms with Gasteiger partial charge in [0.25, 0.3) is 5.91 Å². The molecule has 1 rings (SSSR count). The number of carbonyl (C=O) groups excluding carboxylic acids is 1. The molecule has 1 aromatic rings. The van der Waals surface area contributed by atoms with Crippen LogP contribution in [0.3, 0.4) is 0 Å². The molecule has 106 valence electrons. The number of benzene rings is 1. The molecule has 0 aliphatic heterocycles. The van der Waals surface area contributed by atoms with E-state index in [1.165, 1.54) is 18.2 Å². The molecule has 0 aromatic heterocycles. The Morgan fingerprint density at radius 3 is 2.63 bits per heavy atom. The van der Waals surface area contributed by atoms with Gasteiger partial charge in [0, 0.05) is 24.0 Å². The number of nitrogens with zero attached hydrogens (tertiary/aromatic N) is 1. The lowest BCUT2D eigenvalue weighted by Crippen LogP contribution is -2.38. The molecular formula is C13H16ClF2NO2. The highest BCUT2D eigenvalue weighted by Gasteiger charge is 2.18. The van der Waals surface area contributed by atoms with Gasteiger partial charge in [0.2, 0.25) is 0 Å². The van der Waals surface area contributed by atoms with E-state index in [1.54, 1.807) is 11.0 Å². The first-order chi connectivity index (χ1) is 8.95. The van der Waals surface area contributed by atoms with Crippen LogP contribution in [0, 0.1) is 0 Å². The molecule has 0 bridgehead atoms. The number of hydrogen-bond acceptors (Lipinski definition) is 2. The second kappa shape index (κ2) is 7.28. The summed E-state index contributed by atoms with van der Waals surface area (Å²) in [5.41, 5.74) is 0.303. The topological polar surface area (TPSA) is 29.5 Å². The van der Waals surface area contributed by atoms with Crippen LogP contribution in [-0.2, 0) is 0 Å². The lowest BCUT2D eigenvalue weighted by molar-refractivity contribution is -0.0499. The Morgan fingerprint density at radius 1 is 1.42 bits per heavy atom. The van der Waals surface area contributed by atoms with Gasteiger partial charge in [-0.2, -0.15) is 8.78 Å². The normalized spacial score (nSPS) is 10.9. The summed E-state index contributed by atoms with van der Waals surface area (Å²) in [6.07, 6.45) is 0. The van der Waals surface area contributed by atoms with Crippen molar-refractivity contribution >= 4 is 17.5 Å². The molecule has 0 saturated carbocycles. The Hall–Kier alpha value is -1.36. The van der Waals surface area contributed by atoms with Gasteiger partial charge in [-0.25, -0.2) is 0 Å². The fraction of sp³-hybridized carbons (Fsp3) is 0.462. The van der Waals surface area contributed by atoms with Gasteiger partial charge in [0.15, 0.2) is 0 Å². The minimum absolute atomic E-state index is 0.0223. The predicted molar refractivity (Wildman–Crippen MR) is 70.0 cm³/mol. The molecule has 3 nitrogen and oxygen atoms in total. The van der Waals surface area contributed by atoms with Crippen LogP contribution in [0.2, 0.25) is 0 Å². The second-order valence-electron chi connectivity index (χ2n) is 4.19. The summed E-state index contributed by atoms with van der Waals surface area (Å²) in [4.78, 5) is 13.8. The van der Waals surface area contributed by atoms with Crippen LogP contribution in [0.5, 0.6) is 5.75 Å².